The third kappa shape index (κ3) is 3.75. The summed E-state index contributed by atoms with van der Waals surface area (Å²) >= 11 is 6.09. The maximum absolute atomic E-state index is 14.4. The molecule has 1 aliphatic heterocycles. The smallest absolute Gasteiger partial charge is 0.305 e. The van der Waals surface area contributed by atoms with Gasteiger partial charge < -0.3 is 10.1 Å². The van der Waals surface area contributed by atoms with Crippen LogP contribution in [-0.4, -0.2) is 30.7 Å². The highest BCUT2D eigenvalue weighted by molar-refractivity contribution is 6.32. The number of aliphatic imine (C=N–C) groups is 1. The van der Waals surface area contributed by atoms with Gasteiger partial charge in [-0.25, -0.2) is 4.39 Å². The second-order valence-corrected chi connectivity index (χ2v) is 6.20. The molecule has 7 heteroatoms. The minimum Gasteiger partial charge on any atom is -0.469 e. The number of esters is 1. The molecule has 1 heterocycles. The van der Waals surface area contributed by atoms with Crippen molar-refractivity contribution in [3.63, 3.8) is 0 Å². The standard InChI is InChI=1S/C19H16ClFN2O3/c1-26-17(24)9-8-16-19(25)23-15-7-6-11(20)10-13(15)18(22-16)12-4-2-3-5-14(12)21/h2-7,10,16H,8-9H2,1H3,(H,23,25). The quantitative estimate of drug-likeness (QED) is 0.831. The fourth-order valence-corrected chi connectivity index (χ4v) is 2.91. The number of amides is 1. The molecule has 2 aromatic carbocycles. The number of nitrogens with zero attached hydrogens (tertiary/aromatic N) is 1. The van der Waals surface area contributed by atoms with E-state index in [0.717, 1.165) is 0 Å². The average molecular weight is 375 g/mol. The zero-order valence-corrected chi connectivity index (χ0v) is 14.7. The Morgan fingerprint density at radius 2 is 2.04 bits per heavy atom. The van der Waals surface area contributed by atoms with Crippen molar-refractivity contribution in [3.05, 3.63) is 64.4 Å². The fraction of sp³-hybridized carbons (Fsp3) is 0.211. The van der Waals surface area contributed by atoms with E-state index in [4.69, 9.17) is 11.6 Å². The van der Waals surface area contributed by atoms with Crippen molar-refractivity contribution in [1.29, 1.82) is 0 Å². The van der Waals surface area contributed by atoms with Gasteiger partial charge in [0.25, 0.3) is 0 Å². The number of nitrogens with one attached hydrogen (secondary N) is 1. The molecule has 1 unspecified atom stereocenters. The predicted octanol–water partition coefficient (Wildman–Crippen LogP) is 3.59. The van der Waals surface area contributed by atoms with Crippen molar-refractivity contribution < 1.29 is 18.7 Å². The van der Waals surface area contributed by atoms with Crippen molar-refractivity contribution in [2.75, 3.05) is 12.4 Å². The molecule has 1 amide bonds. The highest BCUT2D eigenvalue weighted by Gasteiger charge is 2.27. The molecule has 0 fully saturated rings. The van der Waals surface area contributed by atoms with Gasteiger partial charge in [-0.1, -0.05) is 23.7 Å². The SMILES string of the molecule is COC(=O)CCC1N=C(c2ccccc2F)c2cc(Cl)ccc2NC1=O. The van der Waals surface area contributed by atoms with Crippen LogP contribution in [0.5, 0.6) is 0 Å². The predicted molar refractivity (Wildman–Crippen MR) is 97.2 cm³/mol. The normalized spacial score (nSPS) is 16.2. The van der Waals surface area contributed by atoms with Gasteiger partial charge in [0.1, 0.15) is 11.9 Å². The summed E-state index contributed by atoms with van der Waals surface area (Å²) in [5, 5.41) is 3.21. The number of carbonyl (C=O) groups excluding carboxylic acids is 2. The Hall–Kier alpha value is -2.73. The number of ether oxygens (including phenoxy) is 1. The lowest BCUT2D eigenvalue weighted by atomic mass is 10.00. The molecule has 26 heavy (non-hydrogen) atoms. The Morgan fingerprint density at radius 1 is 1.27 bits per heavy atom. The minimum absolute atomic E-state index is 0.0275. The highest BCUT2D eigenvalue weighted by Crippen LogP contribution is 2.28. The zero-order valence-electron chi connectivity index (χ0n) is 14.0. The van der Waals surface area contributed by atoms with Crippen molar-refractivity contribution in [2.24, 2.45) is 4.99 Å². The summed E-state index contributed by atoms with van der Waals surface area (Å²) in [6.45, 7) is 0. The van der Waals surface area contributed by atoms with Crippen LogP contribution >= 0.6 is 11.6 Å². The average Bonchev–Trinajstić information content (AvgIpc) is 2.76. The number of methoxy groups -OCH3 is 1. The highest BCUT2D eigenvalue weighted by atomic mass is 35.5. The zero-order chi connectivity index (χ0) is 18.7. The Labute approximate surface area is 154 Å². The summed E-state index contributed by atoms with van der Waals surface area (Å²) in [4.78, 5) is 28.4. The minimum atomic E-state index is -0.852. The molecule has 0 spiro atoms. The number of halogens is 2. The number of hydrogen-bond donors (Lipinski definition) is 1. The van der Waals surface area contributed by atoms with Gasteiger partial charge in [-0.3, -0.25) is 14.6 Å². The summed E-state index contributed by atoms with van der Waals surface area (Å²) in [7, 11) is 1.28. The van der Waals surface area contributed by atoms with Crippen molar-refractivity contribution in [1.82, 2.24) is 0 Å². The second kappa shape index (κ2) is 7.66. The van der Waals surface area contributed by atoms with Gasteiger partial charge in [0, 0.05) is 22.6 Å². The Morgan fingerprint density at radius 3 is 2.77 bits per heavy atom. The molecule has 1 atom stereocenters. The lowest BCUT2D eigenvalue weighted by Crippen LogP contribution is -2.26. The van der Waals surface area contributed by atoms with Crippen LogP contribution in [0.3, 0.4) is 0 Å². The van der Waals surface area contributed by atoms with E-state index < -0.39 is 17.8 Å². The maximum atomic E-state index is 14.4. The molecular weight excluding hydrogens is 359 g/mol. The Kier molecular flexibility index (Phi) is 5.32. The van der Waals surface area contributed by atoms with Crippen molar-refractivity contribution in [3.8, 4) is 0 Å². The van der Waals surface area contributed by atoms with Gasteiger partial charge in [0.05, 0.1) is 18.5 Å². The molecule has 1 aliphatic rings. The molecule has 0 aromatic heterocycles. The van der Waals surface area contributed by atoms with Crippen LogP contribution in [0.25, 0.3) is 0 Å². The molecule has 0 radical (unpaired) electrons. The number of anilines is 1. The van der Waals surface area contributed by atoms with Crippen molar-refractivity contribution in [2.45, 2.75) is 18.9 Å². The van der Waals surface area contributed by atoms with Crippen molar-refractivity contribution >= 4 is 34.9 Å². The number of fused-ring (bicyclic) bond motifs is 1. The molecule has 0 saturated heterocycles. The monoisotopic (exact) mass is 374 g/mol. The van der Waals surface area contributed by atoms with E-state index in [2.05, 4.69) is 15.0 Å². The molecule has 134 valence electrons. The summed E-state index contributed by atoms with van der Waals surface area (Å²) in [6.07, 6.45) is 0.178. The number of hydrogen-bond acceptors (Lipinski definition) is 4. The molecule has 1 N–H and O–H groups in total. The topological polar surface area (TPSA) is 67.8 Å². The van der Waals surface area contributed by atoms with Crippen LogP contribution in [0.1, 0.15) is 24.0 Å². The molecule has 5 nitrogen and oxygen atoms in total. The largest absolute Gasteiger partial charge is 0.469 e. The van der Waals surface area contributed by atoms with Gasteiger partial charge in [0.15, 0.2) is 0 Å². The van der Waals surface area contributed by atoms with E-state index in [-0.39, 0.29) is 24.3 Å². The number of carbonyl (C=O) groups is 2. The molecule has 0 saturated carbocycles. The van der Waals surface area contributed by atoms with Crippen LogP contribution in [0.15, 0.2) is 47.5 Å². The summed E-state index contributed by atoms with van der Waals surface area (Å²) in [5.41, 5.74) is 1.59. The van der Waals surface area contributed by atoms with Gasteiger partial charge in [0.2, 0.25) is 5.91 Å². The van der Waals surface area contributed by atoms with Crippen LogP contribution in [-0.2, 0) is 14.3 Å². The fourth-order valence-electron chi connectivity index (χ4n) is 2.74. The second-order valence-electron chi connectivity index (χ2n) is 5.77. The first-order chi connectivity index (χ1) is 12.5. The van der Waals surface area contributed by atoms with E-state index in [1.54, 1.807) is 36.4 Å². The van der Waals surface area contributed by atoms with E-state index in [0.29, 0.717) is 22.0 Å². The summed E-state index contributed by atoms with van der Waals surface area (Å²) in [5.74, 6) is -1.27. The third-order valence-corrected chi connectivity index (χ3v) is 4.30. The molecule has 0 bridgehead atoms. The van der Waals surface area contributed by atoms with Gasteiger partial charge in [-0.05, 0) is 36.8 Å². The third-order valence-electron chi connectivity index (χ3n) is 4.06. The summed E-state index contributed by atoms with van der Waals surface area (Å²) < 4.78 is 19.0. The van der Waals surface area contributed by atoms with Gasteiger partial charge in [-0.2, -0.15) is 0 Å². The first-order valence-electron chi connectivity index (χ1n) is 8.00. The number of rotatable bonds is 4. The van der Waals surface area contributed by atoms with E-state index in [9.17, 15) is 14.0 Å². The lowest BCUT2D eigenvalue weighted by Gasteiger charge is -2.11. The molecular formula is C19H16ClFN2O3. The van der Waals surface area contributed by atoms with E-state index >= 15 is 0 Å². The lowest BCUT2D eigenvalue weighted by molar-refractivity contribution is -0.140. The van der Waals surface area contributed by atoms with Crippen LogP contribution < -0.4 is 5.32 Å². The molecule has 0 aliphatic carbocycles. The Balaban J connectivity index is 2.10. The molecule has 2 aromatic rings. The van der Waals surface area contributed by atoms with Crippen LogP contribution in [0.2, 0.25) is 5.02 Å². The van der Waals surface area contributed by atoms with E-state index in [1.807, 2.05) is 0 Å². The first kappa shape index (κ1) is 18.1. The maximum Gasteiger partial charge on any atom is 0.305 e. The van der Waals surface area contributed by atoms with E-state index in [1.165, 1.54) is 13.2 Å². The summed E-state index contributed by atoms with van der Waals surface area (Å²) in [6, 6.07) is 10.2. The number of benzodiazepines with no additional fused rings is 1. The number of benzene rings is 2. The Bertz CT molecular complexity index is 898. The first-order valence-corrected chi connectivity index (χ1v) is 8.37. The van der Waals surface area contributed by atoms with Crippen LogP contribution in [0, 0.1) is 5.82 Å². The van der Waals surface area contributed by atoms with Gasteiger partial charge >= 0.3 is 5.97 Å². The van der Waals surface area contributed by atoms with Gasteiger partial charge in [-0.15, -0.1) is 0 Å². The molecule has 3 rings (SSSR count). The van der Waals surface area contributed by atoms with Crippen LogP contribution in [0.4, 0.5) is 10.1 Å².